The maximum atomic E-state index is 5.82. The number of nitrogens with one attached hydrogen (secondary N) is 1. The molecule has 178 valence electrons. The number of nitrogens with zero attached hydrogens (tertiary/aromatic N) is 6. The molecule has 1 fully saturated rings. The molecule has 0 amide bonds. The maximum absolute atomic E-state index is 5.82. The minimum Gasteiger partial charge on any atom is -0.372 e. The lowest BCUT2D eigenvalue weighted by Gasteiger charge is -2.36. The van der Waals surface area contributed by atoms with E-state index in [1.807, 2.05) is 25.0 Å². The van der Waals surface area contributed by atoms with Gasteiger partial charge in [0.25, 0.3) is 0 Å². The highest BCUT2D eigenvalue weighted by atomic mass is 127. The number of halogens is 1. The first-order valence-electron chi connectivity index (χ1n) is 11.1. The highest BCUT2D eigenvalue weighted by Gasteiger charge is 2.23. The second-order valence-corrected chi connectivity index (χ2v) is 8.81. The van der Waals surface area contributed by atoms with Crippen LogP contribution in [0.4, 0.5) is 5.82 Å². The number of ether oxygens (including phenoxy) is 1. The van der Waals surface area contributed by atoms with Gasteiger partial charge in [0.1, 0.15) is 5.82 Å². The van der Waals surface area contributed by atoms with Crippen LogP contribution in [0.3, 0.4) is 0 Å². The summed E-state index contributed by atoms with van der Waals surface area (Å²) in [6.07, 6.45) is 4.48. The van der Waals surface area contributed by atoms with Gasteiger partial charge in [0.2, 0.25) is 0 Å². The predicted molar refractivity (Wildman–Crippen MR) is 141 cm³/mol. The van der Waals surface area contributed by atoms with E-state index in [-0.39, 0.29) is 36.2 Å². The molecule has 0 aromatic carbocycles. The average molecular weight is 556 g/mol. The van der Waals surface area contributed by atoms with Crippen molar-refractivity contribution in [3.05, 3.63) is 41.3 Å². The Hall–Kier alpha value is -1.88. The third-order valence-corrected chi connectivity index (χ3v) is 5.47. The smallest absolute Gasteiger partial charge is 0.193 e. The predicted octanol–water partition coefficient (Wildman–Crippen LogP) is 3.38. The van der Waals surface area contributed by atoms with Crippen molar-refractivity contribution in [1.29, 1.82) is 0 Å². The van der Waals surface area contributed by atoms with Gasteiger partial charge in [-0.15, -0.1) is 24.0 Å². The Kier molecular flexibility index (Phi) is 9.75. The Balaban J connectivity index is 0.00000363. The highest BCUT2D eigenvalue weighted by molar-refractivity contribution is 14.0. The van der Waals surface area contributed by atoms with Gasteiger partial charge in [-0.05, 0) is 31.4 Å². The molecular weight excluding hydrogens is 517 g/mol. The molecule has 32 heavy (non-hydrogen) atoms. The van der Waals surface area contributed by atoms with Gasteiger partial charge >= 0.3 is 0 Å². The number of aryl methyl sites for hydroxylation is 1. The molecule has 3 heterocycles. The van der Waals surface area contributed by atoms with E-state index >= 15 is 0 Å². The Morgan fingerprint density at radius 3 is 2.53 bits per heavy atom. The van der Waals surface area contributed by atoms with Gasteiger partial charge in [0.05, 0.1) is 17.9 Å². The van der Waals surface area contributed by atoms with E-state index in [0.29, 0.717) is 12.5 Å². The summed E-state index contributed by atoms with van der Waals surface area (Å²) in [6.45, 7) is 11.7. The van der Waals surface area contributed by atoms with Crippen LogP contribution in [0.2, 0.25) is 0 Å². The lowest BCUT2D eigenvalue weighted by Crippen LogP contribution is -2.45. The van der Waals surface area contributed by atoms with Gasteiger partial charge in [0.15, 0.2) is 5.96 Å². The zero-order valence-electron chi connectivity index (χ0n) is 20.4. The SMILES string of the molecule is CN=C(NCc1ccc(N2CC(C)OC(C)C2)nc1)N(C)Cc1cn(C)nc1C(C)C.I. The number of hydrogen-bond donors (Lipinski definition) is 1. The molecule has 2 aromatic rings. The van der Waals surface area contributed by atoms with E-state index in [9.17, 15) is 0 Å². The molecule has 0 bridgehead atoms. The van der Waals surface area contributed by atoms with Crippen LogP contribution in [0, 0.1) is 0 Å². The van der Waals surface area contributed by atoms with Crippen molar-refractivity contribution in [3.8, 4) is 0 Å². The number of anilines is 1. The fraction of sp³-hybridized carbons (Fsp3) is 0.609. The molecule has 1 saturated heterocycles. The summed E-state index contributed by atoms with van der Waals surface area (Å²) in [6, 6.07) is 4.23. The van der Waals surface area contributed by atoms with Crippen LogP contribution >= 0.6 is 24.0 Å². The number of morpholine rings is 1. The quantitative estimate of drug-likeness (QED) is 0.335. The molecule has 0 spiro atoms. The zero-order valence-corrected chi connectivity index (χ0v) is 22.7. The van der Waals surface area contributed by atoms with Crippen LogP contribution in [0.25, 0.3) is 0 Å². The Morgan fingerprint density at radius 1 is 1.28 bits per heavy atom. The molecule has 1 aliphatic rings. The van der Waals surface area contributed by atoms with Crippen molar-refractivity contribution in [3.63, 3.8) is 0 Å². The number of rotatable bonds is 6. The molecule has 0 radical (unpaired) electrons. The molecule has 9 heteroatoms. The van der Waals surface area contributed by atoms with Crippen LogP contribution in [-0.2, 0) is 24.9 Å². The Morgan fingerprint density at radius 2 is 1.97 bits per heavy atom. The molecule has 8 nitrogen and oxygen atoms in total. The van der Waals surface area contributed by atoms with Crippen molar-refractivity contribution >= 4 is 35.8 Å². The van der Waals surface area contributed by atoms with E-state index in [2.05, 4.69) is 83.3 Å². The van der Waals surface area contributed by atoms with Gasteiger partial charge in [-0.3, -0.25) is 9.67 Å². The summed E-state index contributed by atoms with van der Waals surface area (Å²) in [7, 11) is 5.83. The fourth-order valence-corrected chi connectivity index (χ4v) is 4.13. The first kappa shape index (κ1) is 26.4. The van der Waals surface area contributed by atoms with Crippen molar-refractivity contribution in [2.75, 3.05) is 32.1 Å². The molecule has 1 N–H and O–H groups in total. The number of guanidine groups is 1. The zero-order chi connectivity index (χ0) is 22.5. The van der Waals surface area contributed by atoms with Gasteiger partial charge in [-0.25, -0.2) is 4.98 Å². The average Bonchev–Trinajstić information content (AvgIpc) is 3.08. The fourth-order valence-electron chi connectivity index (χ4n) is 4.13. The topological polar surface area (TPSA) is 70.8 Å². The lowest BCUT2D eigenvalue weighted by atomic mass is 10.1. The second-order valence-electron chi connectivity index (χ2n) is 8.81. The standard InChI is InChI=1S/C23H37N7O.HI/c1-16(2)22-20(15-29(7)27-22)14-28(6)23(24-5)26-11-19-8-9-21(25-10-19)30-12-17(3)31-18(4)13-30;/h8-10,15-18H,11-14H2,1-7H3,(H,24,26);1H. The summed E-state index contributed by atoms with van der Waals surface area (Å²) in [5, 5.41) is 8.06. The molecule has 2 unspecified atom stereocenters. The van der Waals surface area contributed by atoms with Crippen molar-refractivity contribution in [2.24, 2.45) is 12.0 Å². The summed E-state index contributed by atoms with van der Waals surface area (Å²) in [5.41, 5.74) is 3.48. The molecule has 2 atom stereocenters. The third-order valence-electron chi connectivity index (χ3n) is 5.47. The number of aliphatic imine (C=N–C) groups is 1. The van der Waals surface area contributed by atoms with Gasteiger partial charge in [-0.2, -0.15) is 5.10 Å². The Labute approximate surface area is 209 Å². The minimum absolute atomic E-state index is 0. The summed E-state index contributed by atoms with van der Waals surface area (Å²) >= 11 is 0. The summed E-state index contributed by atoms with van der Waals surface area (Å²) in [4.78, 5) is 13.6. The van der Waals surface area contributed by atoms with Crippen LogP contribution in [-0.4, -0.2) is 65.0 Å². The lowest BCUT2D eigenvalue weighted by molar-refractivity contribution is -0.00545. The van der Waals surface area contributed by atoms with E-state index in [1.54, 1.807) is 0 Å². The van der Waals surface area contributed by atoms with Gasteiger partial charge in [-0.1, -0.05) is 19.9 Å². The first-order chi connectivity index (χ1) is 14.8. The largest absolute Gasteiger partial charge is 0.372 e. The van der Waals surface area contributed by atoms with Crippen molar-refractivity contribution in [2.45, 2.75) is 58.9 Å². The number of aromatic nitrogens is 3. The number of pyridine rings is 1. The highest BCUT2D eigenvalue weighted by Crippen LogP contribution is 2.20. The van der Waals surface area contributed by atoms with Crippen LogP contribution in [0.1, 0.15) is 50.4 Å². The molecule has 1 aliphatic heterocycles. The third kappa shape index (κ3) is 6.81. The van der Waals surface area contributed by atoms with E-state index in [4.69, 9.17) is 4.74 Å². The molecule has 0 saturated carbocycles. The van der Waals surface area contributed by atoms with Crippen LogP contribution in [0.15, 0.2) is 29.5 Å². The van der Waals surface area contributed by atoms with Crippen molar-refractivity contribution < 1.29 is 4.74 Å². The second kappa shape index (κ2) is 11.8. The molecular formula is C23H38IN7O. The van der Waals surface area contributed by atoms with E-state index in [1.165, 1.54) is 5.56 Å². The summed E-state index contributed by atoms with van der Waals surface area (Å²) < 4.78 is 7.71. The van der Waals surface area contributed by atoms with E-state index in [0.717, 1.165) is 42.7 Å². The molecule has 3 rings (SSSR count). The van der Waals surface area contributed by atoms with Crippen LogP contribution < -0.4 is 10.2 Å². The van der Waals surface area contributed by atoms with Crippen molar-refractivity contribution in [1.82, 2.24) is 25.0 Å². The van der Waals surface area contributed by atoms with Gasteiger partial charge < -0.3 is 19.9 Å². The van der Waals surface area contributed by atoms with Gasteiger partial charge in [0, 0.05) is 65.3 Å². The maximum Gasteiger partial charge on any atom is 0.193 e. The Bertz CT molecular complexity index is 871. The monoisotopic (exact) mass is 555 g/mol. The molecule has 0 aliphatic carbocycles. The normalized spacial score (nSPS) is 19.1. The number of hydrogen-bond acceptors (Lipinski definition) is 5. The minimum atomic E-state index is 0. The summed E-state index contributed by atoms with van der Waals surface area (Å²) in [5.74, 6) is 2.24. The van der Waals surface area contributed by atoms with E-state index < -0.39 is 0 Å². The van der Waals surface area contributed by atoms with Crippen LogP contribution in [0.5, 0.6) is 0 Å². The first-order valence-corrected chi connectivity index (χ1v) is 11.1. The molecule has 2 aromatic heterocycles.